The molecule has 44 heavy (non-hydrogen) atoms. The van der Waals surface area contributed by atoms with E-state index in [9.17, 15) is 9.59 Å². The number of methoxy groups -OCH3 is 1. The number of aryl methyl sites for hydroxylation is 2. The quantitative estimate of drug-likeness (QED) is 0.207. The van der Waals surface area contributed by atoms with Gasteiger partial charge in [-0.15, -0.1) is 0 Å². The van der Waals surface area contributed by atoms with Gasteiger partial charge in [0.25, 0.3) is 0 Å². The topological polar surface area (TPSA) is 113 Å². The number of nitrogens with zero attached hydrogens (tertiary/aromatic N) is 2. The molecule has 2 aromatic carbocycles. The zero-order valence-corrected chi connectivity index (χ0v) is 25.1. The first-order valence-corrected chi connectivity index (χ1v) is 15.2. The molecule has 1 amide bonds. The number of carbonyl (C=O) groups excluding carboxylic acids is 2. The number of nitrogens with one attached hydrogen (secondary N) is 2. The highest BCUT2D eigenvalue weighted by Crippen LogP contribution is 2.35. The highest BCUT2D eigenvalue weighted by Gasteiger charge is 2.30. The Labute approximate surface area is 256 Å². The summed E-state index contributed by atoms with van der Waals surface area (Å²) in [5, 5.41) is 7.24. The molecular weight excluding hydrogens is 560 g/mol. The Morgan fingerprint density at radius 1 is 1.09 bits per heavy atom. The van der Waals surface area contributed by atoms with Crippen LogP contribution in [0.15, 0.2) is 60.8 Å². The largest absolute Gasteiger partial charge is 0.464 e. The molecule has 2 unspecified atom stereocenters. The third-order valence-corrected chi connectivity index (χ3v) is 8.19. The molecule has 0 spiro atoms. The molecule has 10 nitrogen and oxygen atoms in total. The van der Waals surface area contributed by atoms with Crippen molar-refractivity contribution in [3.8, 4) is 11.5 Å². The van der Waals surface area contributed by atoms with Gasteiger partial charge in [0, 0.05) is 25.1 Å². The summed E-state index contributed by atoms with van der Waals surface area (Å²) >= 11 is 0. The second-order valence-electron chi connectivity index (χ2n) is 11.5. The molecule has 1 saturated heterocycles. The van der Waals surface area contributed by atoms with Crippen LogP contribution in [-0.2, 0) is 33.7 Å². The van der Waals surface area contributed by atoms with Gasteiger partial charge in [0.15, 0.2) is 17.2 Å². The number of aromatic nitrogens is 2. The molecule has 4 aromatic rings. The fraction of sp³-hybridized carbons (Fsp3) is 0.382. The summed E-state index contributed by atoms with van der Waals surface area (Å²) in [6.07, 6.45) is 4.89. The Hall–Kier alpha value is -4.57. The number of hydrogen-bond acceptors (Lipinski definition) is 8. The minimum absolute atomic E-state index is 0.174. The normalized spacial score (nSPS) is 16.2. The van der Waals surface area contributed by atoms with Gasteiger partial charge in [-0.3, -0.25) is 4.79 Å². The van der Waals surface area contributed by atoms with Crippen molar-refractivity contribution < 1.29 is 28.5 Å². The fourth-order valence-corrected chi connectivity index (χ4v) is 5.86. The molecule has 10 heteroatoms. The van der Waals surface area contributed by atoms with Crippen molar-refractivity contribution in [2.24, 2.45) is 11.8 Å². The predicted molar refractivity (Wildman–Crippen MR) is 167 cm³/mol. The van der Waals surface area contributed by atoms with E-state index in [1.165, 1.54) is 18.2 Å². The SMILES string of the molecule is COC(=O)c1c(NC(=O)C2CCOC2)c2cc(NCC(C)Cc3ccc4c(c3)OCO4)cnc2n1CCCc1ccccc1. The Bertz CT molecular complexity index is 1630. The van der Waals surface area contributed by atoms with Crippen molar-refractivity contribution >= 4 is 34.3 Å². The standard InChI is InChI=1S/C34H38N4O6/c1-22(15-24-10-11-28-29(16-24)44-21-43-28)18-35-26-17-27-30(37-33(39)25-12-14-42-20-25)31(34(40)41-2)38(32(27)36-19-26)13-6-9-23-7-4-3-5-8-23/h3-5,7-8,10-11,16-17,19,22,25,35H,6,9,12-15,18,20-21H2,1-2H3,(H,37,39). The van der Waals surface area contributed by atoms with E-state index in [0.717, 1.165) is 36.4 Å². The van der Waals surface area contributed by atoms with Crippen LogP contribution >= 0.6 is 0 Å². The number of fused-ring (bicyclic) bond motifs is 2. The van der Waals surface area contributed by atoms with Gasteiger partial charge in [0.05, 0.1) is 37.2 Å². The lowest BCUT2D eigenvalue weighted by atomic mass is 10.0. The number of amides is 1. The summed E-state index contributed by atoms with van der Waals surface area (Å²) in [7, 11) is 1.35. The molecule has 0 saturated carbocycles. The van der Waals surface area contributed by atoms with E-state index in [2.05, 4.69) is 35.8 Å². The summed E-state index contributed by atoms with van der Waals surface area (Å²) < 4.78 is 23.5. The fourth-order valence-electron chi connectivity index (χ4n) is 5.86. The molecule has 0 bridgehead atoms. The van der Waals surface area contributed by atoms with Gasteiger partial charge in [-0.1, -0.05) is 43.3 Å². The number of rotatable bonds is 12. The van der Waals surface area contributed by atoms with Crippen LogP contribution in [0.2, 0.25) is 0 Å². The van der Waals surface area contributed by atoms with E-state index in [0.29, 0.717) is 61.1 Å². The predicted octanol–water partition coefficient (Wildman–Crippen LogP) is 5.45. The van der Waals surface area contributed by atoms with E-state index >= 15 is 0 Å². The highest BCUT2D eigenvalue weighted by atomic mass is 16.7. The Morgan fingerprint density at radius 3 is 2.73 bits per heavy atom. The number of pyridine rings is 1. The third kappa shape index (κ3) is 6.50. The van der Waals surface area contributed by atoms with Crippen LogP contribution in [0, 0.1) is 11.8 Å². The van der Waals surface area contributed by atoms with Crippen molar-refractivity contribution in [3.63, 3.8) is 0 Å². The van der Waals surface area contributed by atoms with Gasteiger partial charge in [-0.05, 0) is 60.9 Å². The first kappa shape index (κ1) is 29.5. The molecule has 2 aromatic heterocycles. The third-order valence-electron chi connectivity index (χ3n) is 8.19. The molecule has 230 valence electrons. The van der Waals surface area contributed by atoms with E-state index in [1.807, 2.05) is 41.0 Å². The van der Waals surface area contributed by atoms with Crippen LogP contribution in [0.1, 0.15) is 41.4 Å². The lowest BCUT2D eigenvalue weighted by Gasteiger charge is -2.14. The average Bonchev–Trinajstić information content (AvgIpc) is 3.80. The van der Waals surface area contributed by atoms with Crippen LogP contribution in [-0.4, -0.2) is 55.1 Å². The first-order valence-electron chi connectivity index (χ1n) is 15.2. The summed E-state index contributed by atoms with van der Waals surface area (Å²) in [4.78, 5) is 31.3. The van der Waals surface area contributed by atoms with Crippen LogP contribution in [0.25, 0.3) is 11.0 Å². The zero-order chi connectivity index (χ0) is 30.5. The number of anilines is 2. The maximum atomic E-state index is 13.3. The van der Waals surface area contributed by atoms with Crippen molar-refractivity contribution in [1.82, 2.24) is 9.55 Å². The maximum Gasteiger partial charge on any atom is 0.356 e. The monoisotopic (exact) mass is 598 g/mol. The van der Waals surface area contributed by atoms with Gasteiger partial charge in [0.2, 0.25) is 12.7 Å². The van der Waals surface area contributed by atoms with Gasteiger partial charge in [-0.2, -0.15) is 0 Å². The lowest BCUT2D eigenvalue weighted by molar-refractivity contribution is -0.119. The van der Waals surface area contributed by atoms with Gasteiger partial charge in [-0.25, -0.2) is 9.78 Å². The van der Waals surface area contributed by atoms with Gasteiger partial charge >= 0.3 is 5.97 Å². The molecule has 2 N–H and O–H groups in total. The van der Waals surface area contributed by atoms with E-state index in [4.69, 9.17) is 23.9 Å². The van der Waals surface area contributed by atoms with Gasteiger partial charge in [0.1, 0.15) is 5.65 Å². The number of esters is 1. The van der Waals surface area contributed by atoms with Crippen molar-refractivity contribution in [1.29, 1.82) is 0 Å². The molecular formula is C34H38N4O6. The van der Waals surface area contributed by atoms with Gasteiger partial charge < -0.3 is 34.1 Å². The second kappa shape index (κ2) is 13.4. The van der Waals surface area contributed by atoms with Crippen LogP contribution in [0.5, 0.6) is 11.5 Å². The molecule has 0 radical (unpaired) electrons. The summed E-state index contributed by atoms with van der Waals surface area (Å²) in [5.41, 5.74) is 4.53. The number of ether oxygens (including phenoxy) is 4. The first-order chi connectivity index (χ1) is 21.5. The molecule has 2 atom stereocenters. The second-order valence-corrected chi connectivity index (χ2v) is 11.5. The summed E-state index contributed by atoms with van der Waals surface area (Å²) in [6.45, 7) is 4.58. The Balaban J connectivity index is 1.25. The minimum Gasteiger partial charge on any atom is -0.464 e. The number of hydrogen-bond donors (Lipinski definition) is 2. The summed E-state index contributed by atoms with van der Waals surface area (Å²) in [6, 6.07) is 18.2. The molecule has 6 rings (SSSR count). The summed E-state index contributed by atoms with van der Waals surface area (Å²) in [5.74, 6) is 0.898. The lowest BCUT2D eigenvalue weighted by Crippen LogP contribution is -2.24. The van der Waals surface area contributed by atoms with Crippen LogP contribution in [0.3, 0.4) is 0 Å². The van der Waals surface area contributed by atoms with E-state index in [-0.39, 0.29) is 18.6 Å². The molecule has 1 fully saturated rings. The van der Waals surface area contributed by atoms with Crippen molar-refractivity contribution in [2.75, 3.05) is 44.3 Å². The van der Waals surface area contributed by atoms with E-state index in [1.54, 1.807) is 6.20 Å². The number of benzene rings is 2. The molecule has 0 aliphatic carbocycles. The molecule has 2 aliphatic rings. The number of carbonyl (C=O) groups is 2. The van der Waals surface area contributed by atoms with E-state index < -0.39 is 5.97 Å². The zero-order valence-electron chi connectivity index (χ0n) is 25.1. The van der Waals surface area contributed by atoms with Crippen molar-refractivity contribution in [3.05, 3.63) is 77.6 Å². The van der Waals surface area contributed by atoms with Crippen LogP contribution in [0.4, 0.5) is 11.4 Å². The molecule has 4 heterocycles. The average molecular weight is 599 g/mol. The van der Waals surface area contributed by atoms with Crippen molar-refractivity contribution in [2.45, 2.75) is 39.2 Å². The highest BCUT2D eigenvalue weighted by molar-refractivity contribution is 6.11. The minimum atomic E-state index is -0.521. The molecule has 2 aliphatic heterocycles. The van der Waals surface area contributed by atoms with Crippen LogP contribution < -0.4 is 20.1 Å². The smallest absolute Gasteiger partial charge is 0.356 e. The Kier molecular flexibility index (Phi) is 8.97. The Morgan fingerprint density at radius 2 is 1.93 bits per heavy atom. The maximum absolute atomic E-state index is 13.3.